The maximum Gasteiger partial charge on any atom is 0.416 e. The largest absolute Gasteiger partial charge is 0.416 e. The van der Waals surface area contributed by atoms with Crippen molar-refractivity contribution in [3.05, 3.63) is 29.8 Å². The van der Waals surface area contributed by atoms with Crippen molar-refractivity contribution >= 4 is 26.0 Å². The third-order valence-corrected chi connectivity index (χ3v) is 4.89. The fraction of sp³-hybridized carbons (Fsp3) is 0.455. The molecule has 0 amide bonds. The Morgan fingerprint density at radius 1 is 1.32 bits per heavy atom. The van der Waals surface area contributed by atoms with Crippen LogP contribution in [0.1, 0.15) is 12.0 Å². The molecule has 0 radical (unpaired) electrons. The van der Waals surface area contributed by atoms with Gasteiger partial charge in [-0.15, -0.1) is 0 Å². The number of benzene rings is 1. The van der Waals surface area contributed by atoms with Gasteiger partial charge in [-0.2, -0.15) is 13.2 Å². The summed E-state index contributed by atoms with van der Waals surface area (Å²) in [4.78, 5) is -0.348. The molecule has 1 aromatic carbocycles. The van der Waals surface area contributed by atoms with Gasteiger partial charge in [-0.25, -0.2) is 12.7 Å². The summed E-state index contributed by atoms with van der Waals surface area (Å²) in [6.07, 6.45) is -3.98. The molecule has 3 nitrogen and oxygen atoms in total. The lowest BCUT2D eigenvalue weighted by Crippen LogP contribution is -2.28. The zero-order chi connectivity index (χ0) is 14.7. The lowest BCUT2D eigenvalue weighted by molar-refractivity contribution is -0.137. The first kappa shape index (κ1) is 16.5. The van der Waals surface area contributed by atoms with Gasteiger partial charge in [-0.05, 0) is 24.6 Å². The van der Waals surface area contributed by atoms with Crippen molar-refractivity contribution in [1.29, 1.82) is 0 Å². The van der Waals surface area contributed by atoms with Crippen LogP contribution in [0.15, 0.2) is 29.2 Å². The van der Waals surface area contributed by atoms with Crippen molar-refractivity contribution in [2.24, 2.45) is 0 Å². The second-order valence-corrected chi connectivity index (χ2v) is 6.73. The van der Waals surface area contributed by atoms with Crippen LogP contribution in [0.4, 0.5) is 13.2 Å². The molecule has 0 aliphatic rings. The van der Waals surface area contributed by atoms with E-state index in [4.69, 9.17) is 0 Å². The number of hydrogen-bond donors (Lipinski definition) is 0. The molecular formula is C11H13BrF3NO2S. The molecule has 0 saturated carbocycles. The molecule has 0 bridgehead atoms. The summed E-state index contributed by atoms with van der Waals surface area (Å²) in [7, 11) is -2.54. The molecule has 0 saturated heterocycles. The van der Waals surface area contributed by atoms with Crippen LogP contribution in [0.25, 0.3) is 0 Å². The highest BCUT2D eigenvalue weighted by atomic mass is 79.9. The Bertz CT molecular complexity index is 531. The summed E-state index contributed by atoms with van der Waals surface area (Å²) >= 11 is 3.17. The van der Waals surface area contributed by atoms with E-state index < -0.39 is 21.8 Å². The van der Waals surface area contributed by atoms with Gasteiger partial charge in [0.1, 0.15) is 0 Å². The smallest absolute Gasteiger partial charge is 0.207 e. The van der Waals surface area contributed by atoms with E-state index in [9.17, 15) is 21.6 Å². The summed E-state index contributed by atoms with van der Waals surface area (Å²) < 4.78 is 62.8. The molecule has 0 aliphatic carbocycles. The van der Waals surface area contributed by atoms with Crippen LogP contribution in [0.5, 0.6) is 0 Å². The lowest BCUT2D eigenvalue weighted by Gasteiger charge is -2.17. The van der Waals surface area contributed by atoms with Gasteiger partial charge >= 0.3 is 6.18 Å². The fourth-order valence-corrected chi connectivity index (χ4v) is 2.92. The molecule has 8 heteroatoms. The number of halogens is 4. The maximum atomic E-state index is 12.5. The molecule has 1 rings (SSSR count). The monoisotopic (exact) mass is 359 g/mol. The van der Waals surface area contributed by atoms with Crippen LogP contribution in [0.3, 0.4) is 0 Å². The van der Waals surface area contributed by atoms with E-state index >= 15 is 0 Å². The molecule has 0 spiro atoms. The minimum Gasteiger partial charge on any atom is -0.207 e. The summed E-state index contributed by atoms with van der Waals surface area (Å²) in [6, 6.07) is 3.75. The van der Waals surface area contributed by atoms with Gasteiger partial charge in [0.2, 0.25) is 10.0 Å². The third-order valence-electron chi connectivity index (χ3n) is 2.48. The first-order chi connectivity index (χ1) is 8.69. The van der Waals surface area contributed by atoms with Crippen LogP contribution in [-0.2, 0) is 16.2 Å². The number of nitrogens with zero attached hydrogens (tertiary/aromatic N) is 1. The van der Waals surface area contributed by atoms with Crippen molar-refractivity contribution < 1.29 is 21.6 Å². The molecular weight excluding hydrogens is 347 g/mol. The molecule has 0 N–H and O–H groups in total. The number of sulfonamides is 1. The Labute approximate surface area is 118 Å². The fourth-order valence-electron chi connectivity index (χ4n) is 1.42. The van der Waals surface area contributed by atoms with Gasteiger partial charge in [0.05, 0.1) is 10.5 Å². The molecule has 0 heterocycles. The molecule has 0 unspecified atom stereocenters. The molecule has 0 fully saturated rings. The van der Waals surface area contributed by atoms with Crippen LogP contribution >= 0.6 is 15.9 Å². The topological polar surface area (TPSA) is 37.4 Å². The van der Waals surface area contributed by atoms with Crippen molar-refractivity contribution in [3.63, 3.8) is 0 Å². The molecule has 0 atom stereocenters. The Balaban J connectivity index is 3.09. The number of hydrogen-bond acceptors (Lipinski definition) is 2. The SMILES string of the molecule is CN(CCCBr)S(=O)(=O)c1cccc(C(F)(F)F)c1. The average Bonchev–Trinajstić information content (AvgIpc) is 2.35. The lowest BCUT2D eigenvalue weighted by atomic mass is 10.2. The zero-order valence-corrected chi connectivity index (χ0v) is 12.5. The van der Waals surface area contributed by atoms with Crippen LogP contribution in [0, 0.1) is 0 Å². The quantitative estimate of drug-likeness (QED) is 0.757. The molecule has 0 aliphatic heterocycles. The first-order valence-corrected chi connectivity index (χ1v) is 7.95. The van der Waals surface area contributed by atoms with E-state index in [0.717, 1.165) is 22.5 Å². The highest BCUT2D eigenvalue weighted by Crippen LogP contribution is 2.30. The zero-order valence-electron chi connectivity index (χ0n) is 10.1. The van der Waals surface area contributed by atoms with Gasteiger partial charge < -0.3 is 0 Å². The second-order valence-electron chi connectivity index (χ2n) is 3.89. The van der Waals surface area contributed by atoms with Crippen LogP contribution < -0.4 is 0 Å². The summed E-state index contributed by atoms with van der Waals surface area (Å²) in [5, 5.41) is 0.620. The normalized spacial score (nSPS) is 12.9. The second kappa shape index (κ2) is 6.23. The van der Waals surface area contributed by atoms with Crippen LogP contribution in [-0.4, -0.2) is 31.6 Å². The molecule has 0 aromatic heterocycles. The highest BCUT2D eigenvalue weighted by Gasteiger charge is 2.32. The molecule has 108 valence electrons. The van der Waals surface area contributed by atoms with E-state index in [0.29, 0.717) is 17.8 Å². The molecule has 19 heavy (non-hydrogen) atoms. The third kappa shape index (κ3) is 4.19. The Hall–Kier alpha value is -0.600. The van der Waals surface area contributed by atoms with Crippen LogP contribution in [0.2, 0.25) is 0 Å². The Morgan fingerprint density at radius 3 is 2.47 bits per heavy atom. The van der Waals surface area contributed by atoms with Gasteiger partial charge in [-0.3, -0.25) is 0 Å². The van der Waals surface area contributed by atoms with Crippen molar-refractivity contribution in [1.82, 2.24) is 4.31 Å². The predicted octanol–water partition coefficient (Wildman–Crippen LogP) is 3.11. The van der Waals surface area contributed by atoms with Gasteiger partial charge in [-0.1, -0.05) is 22.0 Å². The standard InChI is InChI=1S/C11H13BrF3NO2S/c1-16(7-3-6-12)19(17,18)10-5-2-4-9(8-10)11(13,14)15/h2,4-5,8H,3,6-7H2,1H3. The van der Waals surface area contributed by atoms with Crippen molar-refractivity contribution in [2.75, 3.05) is 18.9 Å². The minimum atomic E-state index is -4.56. The first-order valence-electron chi connectivity index (χ1n) is 5.39. The average molecular weight is 360 g/mol. The number of rotatable bonds is 5. The summed E-state index contributed by atoms with van der Waals surface area (Å²) in [5.41, 5.74) is -0.970. The molecule has 1 aromatic rings. The van der Waals surface area contributed by atoms with Gasteiger partial charge in [0, 0.05) is 18.9 Å². The van der Waals surface area contributed by atoms with Gasteiger partial charge in [0.25, 0.3) is 0 Å². The van der Waals surface area contributed by atoms with Crippen molar-refractivity contribution in [2.45, 2.75) is 17.5 Å². The Morgan fingerprint density at radius 2 is 1.95 bits per heavy atom. The van der Waals surface area contributed by atoms with E-state index in [-0.39, 0.29) is 11.4 Å². The summed E-state index contributed by atoms with van der Waals surface area (Å²) in [6.45, 7) is 0.240. The summed E-state index contributed by atoms with van der Waals surface area (Å²) in [5.74, 6) is 0. The Kier molecular flexibility index (Phi) is 5.40. The van der Waals surface area contributed by atoms with E-state index in [2.05, 4.69) is 15.9 Å². The van der Waals surface area contributed by atoms with E-state index in [1.54, 1.807) is 0 Å². The highest BCUT2D eigenvalue weighted by molar-refractivity contribution is 9.09. The van der Waals surface area contributed by atoms with E-state index in [1.807, 2.05) is 0 Å². The predicted molar refractivity (Wildman–Crippen MR) is 69.7 cm³/mol. The van der Waals surface area contributed by atoms with Crippen molar-refractivity contribution in [3.8, 4) is 0 Å². The van der Waals surface area contributed by atoms with Gasteiger partial charge in [0.15, 0.2) is 0 Å². The minimum absolute atomic E-state index is 0.240. The maximum absolute atomic E-state index is 12.5. The van der Waals surface area contributed by atoms with E-state index in [1.165, 1.54) is 7.05 Å². The number of alkyl halides is 4.